The van der Waals surface area contributed by atoms with Crippen LogP contribution in [0, 0.1) is 0 Å². The average Bonchev–Trinajstić information content (AvgIpc) is 3.11. The minimum atomic E-state index is -0.723. The molecule has 1 aromatic carbocycles. The number of carbonyl (C=O) groups is 3. The maximum atomic E-state index is 12.8. The van der Waals surface area contributed by atoms with Crippen molar-refractivity contribution in [2.75, 3.05) is 32.5 Å². The second-order valence-corrected chi connectivity index (χ2v) is 8.19. The average molecular weight is 416 g/mol. The molecule has 0 radical (unpaired) electrons. The van der Waals surface area contributed by atoms with Crippen LogP contribution < -0.4 is 21.7 Å². The van der Waals surface area contributed by atoms with E-state index in [0.29, 0.717) is 16.1 Å². The smallest absolute Gasteiger partial charge is 0.317 e. The maximum absolute atomic E-state index is 12.8. The summed E-state index contributed by atoms with van der Waals surface area (Å²) in [6.45, 7) is 1.68. The van der Waals surface area contributed by atoms with Gasteiger partial charge in [0.05, 0.1) is 5.56 Å². The third kappa shape index (κ3) is 5.12. The van der Waals surface area contributed by atoms with Gasteiger partial charge in [0.25, 0.3) is 11.8 Å². The number of piperidine rings is 1. The minimum Gasteiger partial charge on any atom is -0.351 e. The van der Waals surface area contributed by atoms with Gasteiger partial charge in [-0.25, -0.2) is 4.79 Å². The van der Waals surface area contributed by atoms with Gasteiger partial charge in [-0.2, -0.15) is 0 Å². The number of carbonyl (C=O) groups excluding carboxylic acids is 3. The fourth-order valence-corrected chi connectivity index (χ4v) is 4.24. The van der Waals surface area contributed by atoms with Crippen LogP contribution in [0.2, 0.25) is 0 Å². The Balaban J connectivity index is 1.85. The summed E-state index contributed by atoms with van der Waals surface area (Å²) in [7, 11) is 3.40. The molecule has 5 N–H and O–H groups in total. The Labute approximate surface area is 173 Å². The molecular formula is C20H25N5O3S. The lowest BCUT2D eigenvalue weighted by molar-refractivity contribution is 0.0827. The van der Waals surface area contributed by atoms with Crippen molar-refractivity contribution >= 4 is 34.2 Å². The van der Waals surface area contributed by atoms with E-state index < -0.39 is 6.03 Å². The number of nitrogens with two attached hydrogens (primary N) is 1. The standard InChI is InChI=1S/C20H25N5O3S/c1-25(2)19(27)13-7-5-12(6-8-13)16-10-15(18(29-16)24-20(21)28)17(26)23-14-4-3-9-22-11-14/h5-8,10,14,22H,3-4,9,11H2,1-2H3,(H,23,26)(H3,21,24,28). The Morgan fingerprint density at radius 3 is 2.52 bits per heavy atom. The highest BCUT2D eigenvalue weighted by Crippen LogP contribution is 2.35. The van der Waals surface area contributed by atoms with Crippen molar-refractivity contribution in [2.45, 2.75) is 18.9 Å². The summed E-state index contributed by atoms with van der Waals surface area (Å²) >= 11 is 1.27. The topological polar surface area (TPSA) is 117 Å². The predicted molar refractivity (Wildman–Crippen MR) is 114 cm³/mol. The molecule has 2 aromatic rings. The Hall–Kier alpha value is -2.91. The Bertz CT molecular complexity index is 901. The highest BCUT2D eigenvalue weighted by atomic mass is 32.1. The molecule has 1 aliphatic rings. The van der Waals surface area contributed by atoms with E-state index >= 15 is 0 Å². The van der Waals surface area contributed by atoms with Crippen molar-refractivity contribution in [3.63, 3.8) is 0 Å². The lowest BCUT2D eigenvalue weighted by atomic mass is 10.1. The molecule has 29 heavy (non-hydrogen) atoms. The molecule has 0 saturated carbocycles. The molecule has 0 spiro atoms. The minimum absolute atomic E-state index is 0.0531. The fraction of sp³-hybridized carbons (Fsp3) is 0.350. The fourth-order valence-electron chi connectivity index (χ4n) is 3.18. The number of anilines is 1. The zero-order chi connectivity index (χ0) is 21.0. The zero-order valence-electron chi connectivity index (χ0n) is 16.5. The highest BCUT2D eigenvalue weighted by molar-refractivity contribution is 7.20. The number of urea groups is 1. The molecule has 3 rings (SSSR count). The number of thiophene rings is 1. The molecule has 0 aliphatic carbocycles. The van der Waals surface area contributed by atoms with Gasteiger partial charge < -0.3 is 21.3 Å². The third-order valence-electron chi connectivity index (χ3n) is 4.67. The van der Waals surface area contributed by atoms with Crippen molar-refractivity contribution in [3.8, 4) is 10.4 Å². The summed E-state index contributed by atoms with van der Waals surface area (Å²) in [5, 5.41) is 9.22. The van der Waals surface area contributed by atoms with Crippen LogP contribution in [0.3, 0.4) is 0 Å². The molecule has 1 fully saturated rings. The van der Waals surface area contributed by atoms with Crippen molar-refractivity contribution in [1.82, 2.24) is 15.5 Å². The third-order valence-corrected chi connectivity index (χ3v) is 5.77. The summed E-state index contributed by atoms with van der Waals surface area (Å²) in [6.07, 6.45) is 1.92. The van der Waals surface area contributed by atoms with E-state index in [1.165, 1.54) is 16.2 Å². The van der Waals surface area contributed by atoms with Gasteiger partial charge in [0.2, 0.25) is 0 Å². The van der Waals surface area contributed by atoms with Crippen LogP contribution in [-0.4, -0.2) is 56.0 Å². The monoisotopic (exact) mass is 415 g/mol. The summed E-state index contributed by atoms with van der Waals surface area (Å²) in [5.74, 6) is -0.329. The summed E-state index contributed by atoms with van der Waals surface area (Å²) in [4.78, 5) is 38.6. The molecule has 2 heterocycles. The normalized spacial score (nSPS) is 16.1. The Kier molecular flexibility index (Phi) is 6.50. The van der Waals surface area contributed by atoms with Crippen molar-refractivity contribution in [2.24, 2.45) is 5.73 Å². The van der Waals surface area contributed by atoms with Gasteiger partial charge in [-0.3, -0.25) is 14.9 Å². The van der Waals surface area contributed by atoms with Gasteiger partial charge in [0.15, 0.2) is 0 Å². The first-order chi connectivity index (χ1) is 13.8. The van der Waals surface area contributed by atoms with Crippen molar-refractivity contribution in [3.05, 3.63) is 41.5 Å². The molecule has 8 nitrogen and oxygen atoms in total. The first-order valence-corrected chi connectivity index (χ1v) is 10.2. The predicted octanol–water partition coefficient (Wildman–Crippen LogP) is 2.09. The Morgan fingerprint density at radius 1 is 1.21 bits per heavy atom. The number of hydrogen-bond acceptors (Lipinski definition) is 5. The van der Waals surface area contributed by atoms with Crippen molar-refractivity contribution < 1.29 is 14.4 Å². The van der Waals surface area contributed by atoms with Crippen molar-refractivity contribution in [1.29, 1.82) is 0 Å². The molecule has 1 saturated heterocycles. The van der Waals surface area contributed by atoms with Gasteiger partial charge in [0, 0.05) is 37.1 Å². The lowest BCUT2D eigenvalue weighted by Gasteiger charge is -2.23. The highest BCUT2D eigenvalue weighted by Gasteiger charge is 2.22. The van der Waals surface area contributed by atoms with Gasteiger partial charge in [-0.15, -0.1) is 11.3 Å². The van der Waals surface area contributed by atoms with Crippen LogP contribution in [0.25, 0.3) is 10.4 Å². The van der Waals surface area contributed by atoms with Gasteiger partial charge in [0.1, 0.15) is 5.00 Å². The van der Waals surface area contributed by atoms with E-state index in [0.717, 1.165) is 36.4 Å². The second kappa shape index (κ2) is 9.06. The van der Waals surface area contributed by atoms with E-state index in [2.05, 4.69) is 16.0 Å². The first-order valence-electron chi connectivity index (χ1n) is 9.39. The zero-order valence-corrected chi connectivity index (χ0v) is 17.3. The number of nitrogens with one attached hydrogen (secondary N) is 3. The first kappa shape index (κ1) is 20.8. The molecule has 1 atom stereocenters. The second-order valence-electron chi connectivity index (χ2n) is 7.14. The van der Waals surface area contributed by atoms with Gasteiger partial charge >= 0.3 is 6.03 Å². The largest absolute Gasteiger partial charge is 0.351 e. The van der Waals surface area contributed by atoms with Crippen LogP contribution in [0.1, 0.15) is 33.6 Å². The summed E-state index contributed by atoms with van der Waals surface area (Å²) in [5.41, 5.74) is 7.08. The van der Waals surface area contributed by atoms with Crippen LogP contribution in [0.15, 0.2) is 30.3 Å². The van der Waals surface area contributed by atoms with E-state index in [9.17, 15) is 14.4 Å². The summed E-state index contributed by atoms with van der Waals surface area (Å²) < 4.78 is 0. The van der Waals surface area contributed by atoms with Crippen LogP contribution >= 0.6 is 11.3 Å². The van der Waals surface area contributed by atoms with Crippen LogP contribution in [0.5, 0.6) is 0 Å². The number of hydrogen-bond donors (Lipinski definition) is 4. The molecule has 9 heteroatoms. The lowest BCUT2D eigenvalue weighted by Crippen LogP contribution is -2.45. The SMILES string of the molecule is CN(C)C(=O)c1ccc(-c2cc(C(=O)NC3CCCNC3)c(NC(N)=O)s2)cc1. The van der Waals surface area contributed by atoms with E-state index in [1.807, 2.05) is 12.1 Å². The molecular weight excluding hydrogens is 390 g/mol. The van der Waals surface area contributed by atoms with Crippen LogP contribution in [0.4, 0.5) is 9.80 Å². The number of primary amides is 1. The quantitative estimate of drug-likeness (QED) is 0.598. The van der Waals surface area contributed by atoms with E-state index in [1.54, 1.807) is 32.3 Å². The maximum Gasteiger partial charge on any atom is 0.317 e. The van der Waals surface area contributed by atoms with Crippen LogP contribution in [-0.2, 0) is 0 Å². The number of amides is 4. The van der Waals surface area contributed by atoms with E-state index in [4.69, 9.17) is 5.73 Å². The molecule has 0 bridgehead atoms. The Morgan fingerprint density at radius 2 is 1.93 bits per heavy atom. The molecule has 4 amide bonds. The summed E-state index contributed by atoms with van der Waals surface area (Å²) in [6, 6.07) is 8.20. The molecule has 1 aliphatic heterocycles. The van der Waals surface area contributed by atoms with Gasteiger partial charge in [-0.05, 0) is 43.1 Å². The number of benzene rings is 1. The van der Waals surface area contributed by atoms with Gasteiger partial charge in [-0.1, -0.05) is 12.1 Å². The number of rotatable bonds is 5. The molecule has 154 valence electrons. The van der Waals surface area contributed by atoms with E-state index in [-0.39, 0.29) is 17.9 Å². The molecule has 1 unspecified atom stereocenters. The molecule has 1 aromatic heterocycles. The number of nitrogens with zero attached hydrogens (tertiary/aromatic N) is 1.